The molecule has 0 aliphatic carbocycles. The zero-order valence-electron chi connectivity index (χ0n) is 15.6. The molecule has 140 valence electrons. The number of phenols is 1. The van der Waals surface area contributed by atoms with Crippen molar-refractivity contribution in [3.05, 3.63) is 83.7 Å². The topological polar surface area (TPSA) is 66.6 Å². The number of carbonyl (C=O) groups excluding carboxylic acids is 1. The van der Waals surface area contributed by atoms with E-state index < -0.39 is 0 Å². The molecule has 3 N–H and O–H groups in total. The van der Waals surface area contributed by atoms with E-state index in [2.05, 4.69) is 36.2 Å². The first-order valence-corrected chi connectivity index (χ1v) is 9.32. The summed E-state index contributed by atoms with van der Waals surface area (Å²) in [7, 11) is 0. The third kappa shape index (κ3) is 4.79. The van der Waals surface area contributed by atoms with Crippen molar-refractivity contribution in [2.75, 3.05) is 0 Å². The highest BCUT2D eigenvalue weighted by atomic mass is 16.3. The van der Waals surface area contributed by atoms with Crippen molar-refractivity contribution in [3.8, 4) is 5.75 Å². The fourth-order valence-corrected chi connectivity index (χ4v) is 3.63. The maximum absolute atomic E-state index is 11.5. The molecule has 0 radical (unpaired) electrons. The molecule has 0 saturated carbocycles. The molecule has 0 saturated heterocycles. The Hall–Kier alpha value is -3.01. The lowest BCUT2D eigenvalue weighted by atomic mass is 9.88. The van der Waals surface area contributed by atoms with Crippen LogP contribution in [0.25, 0.3) is 5.57 Å². The lowest BCUT2D eigenvalue weighted by Gasteiger charge is -2.28. The van der Waals surface area contributed by atoms with E-state index in [0.29, 0.717) is 25.3 Å². The second-order valence-electron chi connectivity index (χ2n) is 7.01. The molecule has 0 bridgehead atoms. The van der Waals surface area contributed by atoms with Gasteiger partial charge in [0.25, 0.3) is 0 Å². The molecule has 2 aromatic carbocycles. The van der Waals surface area contributed by atoms with Crippen molar-refractivity contribution in [2.45, 2.75) is 32.7 Å². The number of nitrogens with two attached hydrogens (primary N) is 1. The third-order valence-electron chi connectivity index (χ3n) is 4.88. The number of aromatic hydroxyl groups is 1. The van der Waals surface area contributed by atoms with Crippen molar-refractivity contribution >= 4 is 11.5 Å². The highest BCUT2D eigenvalue weighted by Gasteiger charge is 2.22. The fourth-order valence-electron chi connectivity index (χ4n) is 3.63. The van der Waals surface area contributed by atoms with Crippen molar-refractivity contribution in [3.63, 3.8) is 0 Å². The molecule has 0 spiro atoms. The molecule has 1 aliphatic rings. The van der Waals surface area contributed by atoms with Crippen molar-refractivity contribution in [1.29, 1.82) is 0 Å². The number of allylic oxidation sites excluding steroid dienone is 3. The molecule has 1 aliphatic heterocycles. The minimum absolute atomic E-state index is 0.255. The van der Waals surface area contributed by atoms with Crippen LogP contribution in [0.15, 0.2) is 72.6 Å². The van der Waals surface area contributed by atoms with Gasteiger partial charge in [-0.25, -0.2) is 0 Å². The van der Waals surface area contributed by atoms with Gasteiger partial charge < -0.3 is 15.7 Å². The van der Waals surface area contributed by atoms with Gasteiger partial charge in [-0.05, 0) is 47.6 Å². The molecule has 1 unspecified atom stereocenters. The SMILES string of the molecule is CC1CC=CN(Cc2cccc(O)c2)C(CCC(N)=O)=C1c1ccccc1. The van der Waals surface area contributed by atoms with E-state index >= 15 is 0 Å². The number of hydrogen-bond donors (Lipinski definition) is 2. The van der Waals surface area contributed by atoms with Crippen LogP contribution in [-0.4, -0.2) is 15.9 Å². The van der Waals surface area contributed by atoms with Gasteiger partial charge in [-0.3, -0.25) is 4.79 Å². The predicted octanol–water partition coefficient (Wildman–Crippen LogP) is 4.42. The zero-order valence-corrected chi connectivity index (χ0v) is 15.6. The van der Waals surface area contributed by atoms with E-state index in [0.717, 1.165) is 17.7 Å². The molecule has 1 amide bonds. The van der Waals surface area contributed by atoms with Crippen molar-refractivity contribution in [1.82, 2.24) is 4.90 Å². The molecule has 2 aromatic rings. The quantitative estimate of drug-likeness (QED) is 0.799. The van der Waals surface area contributed by atoms with Crippen LogP contribution in [0.2, 0.25) is 0 Å². The van der Waals surface area contributed by atoms with Gasteiger partial charge in [-0.1, -0.05) is 55.5 Å². The van der Waals surface area contributed by atoms with Crippen LogP contribution < -0.4 is 5.73 Å². The number of phenolic OH excluding ortho intramolecular Hbond substituents is 1. The predicted molar refractivity (Wildman–Crippen MR) is 108 cm³/mol. The Labute approximate surface area is 160 Å². The summed E-state index contributed by atoms with van der Waals surface area (Å²) in [6.45, 7) is 2.84. The second kappa shape index (κ2) is 8.58. The summed E-state index contributed by atoms with van der Waals surface area (Å²) in [5, 5.41) is 9.80. The van der Waals surface area contributed by atoms with Gasteiger partial charge in [-0.2, -0.15) is 0 Å². The summed E-state index contributed by atoms with van der Waals surface area (Å²) in [5.41, 5.74) is 10.0. The van der Waals surface area contributed by atoms with Crippen LogP contribution in [-0.2, 0) is 11.3 Å². The largest absolute Gasteiger partial charge is 0.508 e. The monoisotopic (exact) mass is 362 g/mol. The normalized spacial score (nSPS) is 17.1. The third-order valence-corrected chi connectivity index (χ3v) is 4.88. The van der Waals surface area contributed by atoms with E-state index in [1.165, 1.54) is 11.1 Å². The number of rotatable bonds is 6. The number of benzene rings is 2. The summed E-state index contributed by atoms with van der Waals surface area (Å²) in [6, 6.07) is 17.6. The van der Waals surface area contributed by atoms with Crippen LogP contribution >= 0.6 is 0 Å². The van der Waals surface area contributed by atoms with Crippen molar-refractivity contribution in [2.24, 2.45) is 11.7 Å². The van der Waals surface area contributed by atoms with Gasteiger partial charge in [0, 0.05) is 24.9 Å². The second-order valence-corrected chi connectivity index (χ2v) is 7.01. The highest BCUT2D eigenvalue weighted by molar-refractivity contribution is 5.76. The molecule has 27 heavy (non-hydrogen) atoms. The molecular weight excluding hydrogens is 336 g/mol. The average Bonchev–Trinajstić information content (AvgIpc) is 2.79. The average molecular weight is 362 g/mol. The van der Waals surface area contributed by atoms with Gasteiger partial charge >= 0.3 is 0 Å². The van der Waals surface area contributed by atoms with Crippen LogP contribution in [0.4, 0.5) is 0 Å². The minimum atomic E-state index is -0.298. The lowest BCUT2D eigenvalue weighted by molar-refractivity contribution is -0.118. The maximum atomic E-state index is 11.5. The molecule has 3 rings (SSSR count). The van der Waals surface area contributed by atoms with E-state index in [4.69, 9.17) is 5.73 Å². The maximum Gasteiger partial charge on any atom is 0.217 e. The highest BCUT2D eigenvalue weighted by Crippen LogP contribution is 2.36. The summed E-state index contributed by atoms with van der Waals surface area (Å²) >= 11 is 0. The Morgan fingerprint density at radius 3 is 2.67 bits per heavy atom. The Balaban J connectivity index is 2.05. The van der Waals surface area contributed by atoms with Crippen molar-refractivity contribution < 1.29 is 9.90 Å². The van der Waals surface area contributed by atoms with Crippen LogP contribution in [0.5, 0.6) is 5.75 Å². The minimum Gasteiger partial charge on any atom is -0.508 e. The van der Waals surface area contributed by atoms with E-state index in [9.17, 15) is 9.90 Å². The van der Waals surface area contributed by atoms with Gasteiger partial charge in [0.1, 0.15) is 5.75 Å². The smallest absolute Gasteiger partial charge is 0.217 e. The summed E-state index contributed by atoms with van der Waals surface area (Å²) in [5.74, 6) is 0.291. The lowest BCUT2D eigenvalue weighted by Crippen LogP contribution is -2.20. The molecule has 1 atom stereocenters. The first-order valence-electron chi connectivity index (χ1n) is 9.32. The molecule has 0 aromatic heterocycles. The fraction of sp³-hybridized carbons (Fsp3) is 0.261. The standard InChI is InChI=1S/C23H26N2O2/c1-17-7-6-14-25(16-18-8-5-11-20(26)15-18)21(12-13-22(24)27)23(17)19-9-3-2-4-10-19/h2-6,8-11,14-15,17,26H,7,12-13,16H2,1H3,(H2,24,27). The molecule has 0 fully saturated rings. The number of nitrogens with zero attached hydrogens (tertiary/aromatic N) is 1. The Morgan fingerprint density at radius 2 is 1.96 bits per heavy atom. The zero-order chi connectivity index (χ0) is 19.2. The van der Waals surface area contributed by atoms with Gasteiger partial charge in [-0.15, -0.1) is 0 Å². The Bertz CT molecular complexity index is 856. The number of carbonyl (C=O) groups is 1. The summed E-state index contributed by atoms with van der Waals surface area (Å²) in [4.78, 5) is 13.7. The van der Waals surface area contributed by atoms with Crippen LogP contribution in [0.1, 0.15) is 37.3 Å². The number of amides is 1. The Morgan fingerprint density at radius 1 is 1.19 bits per heavy atom. The number of primary amides is 1. The van der Waals surface area contributed by atoms with Crippen LogP contribution in [0, 0.1) is 5.92 Å². The van der Waals surface area contributed by atoms with E-state index in [1.54, 1.807) is 12.1 Å². The van der Waals surface area contributed by atoms with Gasteiger partial charge in [0.05, 0.1) is 0 Å². The van der Waals surface area contributed by atoms with E-state index in [1.807, 2.05) is 30.3 Å². The van der Waals surface area contributed by atoms with Gasteiger partial charge in [0.2, 0.25) is 5.91 Å². The number of hydrogen-bond acceptors (Lipinski definition) is 3. The Kier molecular flexibility index (Phi) is 5.97. The molecule has 1 heterocycles. The first kappa shape index (κ1) is 18.8. The molecule has 4 heteroatoms. The summed E-state index contributed by atoms with van der Waals surface area (Å²) in [6.07, 6.45) is 6.09. The summed E-state index contributed by atoms with van der Waals surface area (Å²) < 4.78 is 0. The molecular formula is C23H26N2O2. The van der Waals surface area contributed by atoms with E-state index in [-0.39, 0.29) is 11.7 Å². The van der Waals surface area contributed by atoms with Crippen LogP contribution in [0.3, 0.4) is 0 Å². The first-order chi connectivity index (χ1) is 13.0. The molecule has 4 nitrogen and oxygen atoms in total. The van der Waals surface area contributed by atoms with Gasteiger partial charge in [0.15, 0.2) is 0 Å².